The van der Waals surface area contributed by atoms with E-state index in [1.165, 1.54) is 0 Å². The number of rotatable bonds is 3. The molecule has 3 rings (SSSR count). The molecule has 1 aromatic rings. The highest BCUT2D eigenvalue weighted by molar-refractivity contribution is 7.97. The molecule has 1 saturated carbocycles. The Hall–Kier alpha value is -0.940. The van der Waals surface area contributed by atoms with E-state index in [1.54, 1.807) is 17.8 Å². The highest BCUT2D eigenvalue weighted by Gasteiger charge is 2.43. The van der Waals surface area contributed by atoms with E-state index in [9.17, 15) is 9.90 Å². The Morgan fingerprint density at radius 3 is 3.05 bits per heavy atom. The lowest BCUT2D eigenvalue weighted by Crippen LogP contribution is -2.30. The summed E-state index contributed by atoms with van der Waals surface area (Å²) in [6, 6.07) is 3.63. The van der Waals surface area contributed by atoms with E-state index in [0.29, 0.717) is 18.2 Å². The van der Waals surface area contributed by atoms with Crippen molar-refractivity contribution in [3.8, 4) is 0 Å². The Morgan fingerprint density at radius 1 is 1.47 bits per heavy atom. The van der Waals surface area contributed by atoms with Crippen molar-refractivity contribution in [2.24, 2.45) is 11.8 Å². The summed E-state index contributed by atoms with van der Waals surface area (Å²) in [5.74, 6) is 2.77. The van der Waals surface area contributed by atoms with Gasteiger partial charge in [0.25, 0.3) is 5.91 Å². The van der Waals surface area contributed by atoms with Gasteiger partial charge in [-0.05, 0) is 37.1 Å². The third-order valence-corrected chi connectivity index (χ3v) is 4.84. The van der Waals surface area contributed by atoms with Gasteiger partial charge in [0.1, 0.15) is 5.76 Å². The fraction of sp³-hybridized carbons (Fsp3) is 0.643. The zero-order valence-corrected chi connectivity index (χ0v) is 11.9. The average Bonchev–Trinajstić information content (AvgIpc) is 3.07. The van der Waals surface area contributed by atoms with Crippen LogP contribution in [0.25, 0.3) is 0 Å². The maximum Gasteiger partial charge on any atom is 0.289 e. The molecule has 2 aliphatic rings. The largest absolute Gasteiger partial charge is 0.455 e. The Bertz CT molecular complexity index is 473. The lowest BCUT2D eigenvalue weighted by molar-refractivity contribution is 0.0720. The molecule has 0 spiro atoms. The summed E-state index contributed by atoms with van der Waals surface area (Å²) >= 11 is 1.67. The van der Waals surface area contributed by atoms with Gasteiger partial charge < -0.3 is 14.4 Å². The van der Waals surface area contributed by atoms with Crippen LogP contribution < -0.4 is 0 Å². The molecule has 1 amide bonds. The van der Waals surface area contributed by atoms with E-state index in [-0.39, 0.29) is 17.9 Å². The minimum atomic E-state index is -0.230. The topological polar surface area (TPSA) is 53.7 Å². The van der Waals surface area contributed by atoms with Crippen LogP contribution in [-0.4, -0.2) is 41.4 Å². The number of aliphatic hydroxyl groups excluding tert-OH is 1. The van der Waals surface area contributed by atoms with Crippen molar-refractivity contribution in [1.82, 2.24) is 4.90 Å². The van der Waals surface area contributed by atoms with Crippen molar-refractivity contribution in [2.75, 3.05) is 19.3 Å². The number of nitrogens with zero attached hydrogens (tertiary/aromatic N) is 1. The van der Waals surface area contributed by atoms with E-state index in [0.717, 1.165) is 30.9 Å². The second-order valence-corrected chi connectivity index (χ2v) is 6.34. The second-order valence-electron chi connectivity index (χ2n) is 5.48. The molecule has 2 heterocycles. The van der Waals surface area contributed by atoms with Crippen LogP contribution in [0.1, 0.15) is 29.2 Å². The average molecular weight is 281 g/mol. The molecule has 104 valence electrons. The normalized spacial score (nSPS) is 29.8. The number of carbonyl (C=O) groups excluding carboxylic acids is 1. The predicted octanol–water partition coefficient (Wildman–Crippen LogP) is 1.99. The van der Waals surface area contributed by atoms with Crippen molar-refractivity contribution in [1.29, 1.82) is 0 Å². The summed E-state index contributed by atoms with van der Waals surface area (Å²) in [5, 5.41) is 9.88. The fourth-order valence-electron chi connectivity index (χ4n) is 3.27. The van der Waals surface area contributed by atoms with Crippen molar-refractivity contribution in [3.63, 3.8) is 0 Å². The van der Waals surface area contributed by atoms with Crippen LogP contribution in [0.15, 0.2) is 16.5 Å². The molecule has 3 unspecified atom stereocenters. The minimum absolute atomic E-state index is 0.0334. The first-order valence-electron chi connectivity index (χ1n) is 6.74. The second kappa shape index (κ2) is 5.21. The number of hydrogen-bond donors (Lipinski definition) is 1. The van der Waals surface area contributed by atoms with Crippen molar-refractivity contribution < 1.29 is 14.3 Å². The van der Waals surface area contributed by atoms with Crippen LogP contribution >= 0.6 is 11.8 Å². The van der Waals surface area contributed by atoms with Crippen LogP contribution in [0.2, 0.25) is 0 Å². The fourth-order valence-corrected chi connectivity index (χ4v) is 3.71. The van der Waals surface area contributed by atoms with Crippen LogP contribution in [0.3, 0.4) is 0 Å². The summed E-state index contributed by atoms with van der Waals surface area (Å²) < 4.78 is 5.57. The molecule has 1 saturated heterocycles. The summed E-state index contributed by atoms with van der Waals surface area (Å²) in [4.78, 5) is 14.2. The predicted molar refractivity (Wildman–Crippen MR) is 74.1 cm³/mol. The number of hydrogen-bond acceptors (Lipinski definition) is 4. The van der Waals surface area contributed by atoms with E-state index < -0.39 is 0 Å². The smallest absolute Gasteiger partial charge is 0.289 e. The molecular weight excluding hydrogens is 262 g/mol. The highest BCUT2D eigenvalue weighted by atomic mass is 32.2. The van der Waals surface area contributed by atoms with Crippen molar-refractivity contribution >= 4 is 17.7 Å². The maximum absolute atomic E-state index is 12.3. The first-order valence-corrected chi connectivity index (χ1v) is 8.13. The number of furan rings is 1. The van der Waals surface area contributed by atoms with Gasteiger partial charge >= 0.3 is 0 Å². The van der Waals surface area contributed by atoms with Gasteiger partial charge in [0.05, 0.1) is 11.9 Å². The van der Waals surface area contributed by atoms with Gasteiger partial charge in [-0.15, -0.1) is 0 Å². The molecule has 1 aliphatic carbocycles. The van der Waals surface area contributed by atoms with Gasteiger partial charge in [-0.2, -0.15) is 11.8 Å². The zero-order chi connectivity index (χ0) is 13.4. The molecule has 3 atom stereocenters. The third kappa shape index (κ3) is 2.41. The molecule has 0 bridgehead atoms. The molecule has 1 N–H and O–H groups in total. The Labute approximate surface area is 117 Å². The third-order valence-electron chi connectivity index (χ3n) is 4.27. The lowest BCUT2D eigenvalue weighted by atomic mass is 10.00. The summed E-state index contributed by atoms with van der Waals surface area (Å²) in [6.07, 6.45) is 3.70. The van der Waals surface area contributed by atoms with Crippen molar-refractivity contribution in [2.45, 2.75) is 24.7 Å². The van der Waals surface area contributed by atoms with E-state index in [4.69, 9.17) is 4.42 Å². The first-order chi connectivity index (χ1) is 9.19. The van der Waals surface area contributed by atoms with Crippen LogP contribution in [-0.2, 0) is 5.75 Å². The van der Waals surface area contributed by atoms with Gasteiger partial charge in [0.2, 0.25) is 0 Å². The Kier molecular flexibility index (Phi) is 3.58. The van der Waals surface area contributed by atoms with Crippen LogP contribution in [0.5, 0.6) is 0 Å². The summed E-state index contributed by atoms with van der Waals surface area (Å²) in [7, 11) is 0. The monoisotopic (exact) mass is 281 g/mol. The minimum Gasteiger partial charge on any atom is -0.455 e. The van der Waals surface area contributed by atoms with E-state index in [1.807, 2.05) is 17.2 Å². The quantitative estimate of drug-likeness (QED) is 0.920. The number of amides is 1. The molecule has 4 nitrogen and oxygen atoms in total. The number of thioether (sulfide) groups is 1. The summed E-state index contributed by atoms with van der Waals surface area (Å²) in [5.41, 5.74) is 0. The number of fused-ring (bicyclic) bond motifs is 1. The van der Waals surface area contributed by atoms with Gasteiger partial charge in [-0.3, -0.25) is 4.79 Å². The molecule has 19 heavy (non-hydrogen) atoms. The molecule has 2 fully saturated rings. The maximum atomic E-state index is 12.3. The Morgan fingerprint density at radius 2 is 2.32 bits per heavy atom. The Balaban J connectivity index is 1.67. The zero-order valence-electron chi connectivity index (χ0n) is 11.0. The number of carbonyl (C=O) groups is 1. The van der Waals surface area contributed by atoms with Gasteiger partial charge in [0.15, 0.2) is 5.76 Å². The summed E-state index contributed by atoms with van der Waals surface area (Å²) in [6.45, 7) is 1.43. The van der Waals surface area contributed by atoms with Gasteiger partial charge in [0, 0.05) is 19.0 Å². The van der Waals surface area contributed by atoms with Gasteiger partial charge in [-0.1, -0.05) is 0 Å². The van der Waals surface area contributed by atoms with Crippen LogP contribution in [0, 0.1) is 11.8 Å². The molecule has 1 aromatic heterocycles. The number of aliphatic hydroxyl groups is 1. The SMILES string of the molecule is CSCc1ccc(C(=O)N2CC3CCC(O)C3C2)o1. The lowest BCUT2D eigenvalue weighted by Gasteiger charge is -2.17. The number of likely N-dealkylation sites (tertiary alicyclic amines) is 1. The van der Waals surface area contributed by atoms with E-state index in [2.05, 4.69) is 0 Å². The molecular formula is C14H19NO3S. The van der Waals surface area contributed by atoms with Crippen LogP contribution in [0.4, 0.5) is 0 Å². The molecule has 0 radical (unpaired) electrons. The molecule has 1 aliphatic heterocycles. The molecule has 5 heteroatoms. The van der Waals surface area contributed by atoms with E-state index >= 15 is 0 Å². The molecule has 0 aromatic carbocycles. The van der Waals surface area contributed by atoms with Gasteiger partial charge in [-0.25, -0.2) is 0 Å². The van der Waals surface area contributed by atoms with Crippen molar-refractivity contribution in [3.05, 3.63) is 23.7 Å². The standard InChI is InChI=1S/C14H19NO3S/c1-19-8-10-3-5-13(18-10)14(17)15-6-9-2-4-12(16)11(9)7-15/h3,5,9,11-12,16H,2,4,6-8H2,1H3. The first kappa shape index (κ1) is 13.1. The highest BCUT2D eigenvalue weighted by Crippen LogP contribution is 2.38.